The summed E-state index contributed by atoms with van der Waals surface area (Å²) in [6.07, 6.45) is 7.26. The van der Waals surface area contributed by atoms with E-state index in [0.29, 0.717) is 12.8 Å². The molecule has 0 saturated heterocycles. The van der Waals surface area contributed by atoms with Crippen molar-refractivity contribution in [2.24, 2.45) is 0 Å². The first-order valence-corrected chi connectivity index (χ1v) is 7.33. The molecule has 0 radical (unpaired) electrons. The van der Waals surface area contributed by atoms with Crippen molar-refractivity contribution in [1.29, 1.82) is 0 Å². The van der Waals surface area contributed by atoms with E-state index in [9.17, 15) is 8.78 Å². The zero-order chi connectivity index (χ0) is 16.8. The van der Waals surface area contributed by atoms with Gasteiger partial charge in [-0.25, -0.2) is 18.7 Å². The van der Waals surface area contributed by atoms with Gasteiger partial charge in [0.25, 0.3) is 0 Å². The quantitative estimate of drug-likeness (QED) is 0.797. The van der Waals surface area contributed by atoms with Gasteiger partial charge in [-0.1, -0.05) is 18.2 Å². The minimum atomic E-state index is -1.03. The minimum absolute atomic E-state index is 0.00617. The number of benzene rings is 1. The van der Waals surface area contributed by atoms with Crippen molar-refractivity contribution >= 4 is 6.08 Å². The molecule has 1 aromatic carbocycles. The molecule has 0 aliphatic heterocycles. The van der Waals surface area contributed by atoms with Crippen LogP contribution < -0.4 is 0 Å². The summed E-state index contributed by atoms with van der Waals surface area (Å²) >= 11 is 0. The predicted octanol–water partition coefficient (Wildman–Crippen LogP) is 3.69. The van der Waals surface area contributed by atoms with Crippen LogP contribution in [0.4, 0.5) is 8.78 Å². The first-order valence-electron chi connectivity index (χ1n) is 7.33. The third-order valence-corrected chi connectivity index (χ3v) is 3.28. The maximum Gasteiger partial charge on any atom is 0.170 e. The van der Waals surface area contributed by atoms with Crippen LogP contribution in [0.5, 0.6) is 5.75 Å². The number of halogens is 2. The molecule has 0 saturated carbocycles. The Hall–Kier alpha value is -2.34. The third kappa shape index (κ3) is 4.56. The van der Waals surface area contributed by atoms with Gasteiger partial charge in [-0.15, -0.1) is 0 Å². The molecule has 122 valence electrons. The van der Waals surface area contributed by atoms with Gasteiger partial charge in [0.05, 0.1) is 24.1 Å². The highest BCUT2D eigenvalue weighted by Crippen LogP contribution is 2.25. The standard InChI is InChI=1S/C17H18F2N2O2/c1-11(22)5-3-2-4-6-12-7-8-14(16(19)15(12)18)17-20-9-13(23)10-21-17/h4,6-11,22-23H,2-3,5H2,1H3/b6-4+. The fourth-order valence-electron chi connectivity index (χ4n) is 2.07. The molecule has 4 nitrogen and oxygen atoms in total. The van der Waals surface area contributed by atoms with Crippen LogP contribution in [0.3, 0.4) is 0 Å². The van der Waals surface area contributed by atoms with Gasteiger partial charge in [-0.2, -0.15) is 0 Å². The number of allylic oxidation sites excluding steroid dienone is 1. The minimum Gasteiger partial charge on any atom is -0.505 e. The van der Waals surface area contributed by atoms with Crippen molar-refractivity contribution in [3.05, 3.63) is 47.8 Å². The van der Waals surface area contributed by atoms with Crippen molar-refractivity contribution in [2.45, 2.75) is 32.3 Å². The largest absolute Gasteiger partial charge is 0.505 e. The van der Waals surface area contributed by atoms with E-state index in [2.05, 4.69) is 9.97 Å². The van der Waals surface area contributed by atoms with Crippen LogP contribution >= 0.6 is 0 Å². The molecule has 2 aromatic rings. The summed E-state index contributed by atoms with van der Waals surface area (Å²) in [4.78, 5) is 7.55. The fourth-order valence-corrected chi connectivity index (χ4v) is 2.07. The number of nitrogens with zero attached hydrogens (tertiary/aromatic N) is 2. The number of aliphatic hydroxyl groups excluding tert-OH is 1. The maximum absolute atomic E-state index is 14.1. The fraction of sp³-hybridized carbons (Fsp3) is 0.294. The van der Waals surface area contributed by atoms with Crippen molar-refractivity contribution in [1.82, 2.24) is 9.97 Å². The lowest BCUT2D eigenvalue weighted by Gasteiger charge is -2.05. The van der Waals surface area contributed by atoms with Gasteiger partial charge >= 0.3 is 0 Å². The molecule has 0 bridgehead atoms. The van der Waals surface area contributed by atoms with E-state index >= 15 is 0 Å². The number of aromatic hydroxyl groups is 1. The monoisotopic (exact) mass is 320 g/mol. The summed E-state index contributed by atoms with van der Waals surface area (Å²) in [6.45, 7) is 1.71. The van der Waals surface area contributed by atoms with Crippen LogP contribution in [0, 0.1) is 11.6 Å². The molecule has 1 unspecified atom stereocenters. The van der Waals surface area contributed by atoms with E-state index in [1.807, 2.05) is 0 Å². The Bertz CT molecular complexity index is 686. The van der Waals surface area contributed by atoms with Crippen molar-refractivity contribution in [3.8, 4) is 17.1 Å². The molecule has 0 fully saturated rings. The molecule has 1 aromatic heterocycles. The Labute approximate surface area is 133 Å². The SMILES string of the molecule is CC(O)CCC/C=C/c1ccc(-c2ncc(O)cn2)c(F)c1F. The predicted molar refractivity (Wildman–Crippen MR) is 83.6 cm³/mol. The number of unbranched alkanes of at least 4 members (excludes halogenated alkanes) is 1. The number of hydrogen-bond acceptors (Lipinski definition) is 4. The molecule has 0 amide bonds. The van der Waals surface area contributed by atoms with E-state index in [1.54, 1.807) is 13.0 Å². The summed E-state index contributed by atoms with van der Waals surface area (Å²) in [7, 11) is 0. The summed E-state index contributed by atoms with van der Waals surface area (Å²) in [5.41, 5.74) is 0.0795. The van der Waals surface area contributed by atoms with Crippen molar-refractivity contribution in [3.63, 3.8) is 0 Å². The van der Waals surface area contributed by atoms with E-state index in [-0.39, 0.29) is 28.8 Å². The number of hydrogen-bond donors (Lipinski definition) is 2. The maximum atomic E-state index is 14.1. The summed E-state index contributed by atoms with van der Waals surface area (Å²) in [6, 6.07) is 2.86. The molecule has 1 heterocycles. The molecule has 1 atom stereocenters. The highest BCUT2D eigenvalue weighted by molar-refractivity contribution is 5.61. The zero-order valence-corrected chi connectivity index (χ0v) is 12.7. The average molecular weight is 320 g/mol. The number of rotatable bonds is 6. The normalized spacial score (nSPS) is 12.7. The van der Waals surface area contributed by atoms with Gasteiger partial charge in [0.2, 0.25) is 0 Å². The summed E-state index contributed by atoms with van der Waals surface area (Å²) in [5.74, 6) is -2.13. The Morgan fingerprint density at radius 1 is 1.17 bits per heavy atom. The van der Waals surface area contributed by atoms with Gasteiger partial charge in [0.1, 0.15) is 0 Å². The molecule has 0 aliphatic rings. The Balaban J connectivity index is 2.14. The van der Waals surface area contributed by atoms with E-state index in [4.69, 9.17) is 10.2 Å². The lowest BCUT2D eigenvalue weighted by molar-refractivity contribution is 0.182. The van der Waals surface area contributed by atoms with Gasteiger partial charge in [-0.05, 0) is 32.3 Å². The smallest absolute Gasteiger partial charge is 0.170 e. The van der Waals surface area contributed by atoms with Crippen molar-refractivity contribution < 1.29 is 19.0 Å². The average Bonchev–Trinajstić information content (AvgIpc) is 2.52. The molecule has 0 spiro atoms. The Morgan fingerprint density at radius 3 is 2.52 bits per heavy atom. The van der Waals surface area contributed by atoms with Gasteiger partial charge in [0.15, 0.2) is 23.2 Å². The highest BCUT2D eigenvalue weighted by Gasteiger charge is 2.15. The lowest BCUT2D eigenvalue weighted by atomic mass is 10.1. The number of aromatic nitrogens is 2. The summed E-state index contributed by atoms with van der Waals surface area (Å²) < 4.78 is 28.2. The summed E-state index contributed by atoms with van der Waals surface area (Å²) in [5, 5.41) is 18.3. The van der Waals surface area contributed by atoms with Crippen LogP contribution in [-0.2, 0) is 0 Å². The van der Waals surface area contributed by atoms with Crippen molar-refractivity contribution in [2.75, 3.05) is 0 Å². The lowest BCUT2D eigenvalue weighted by Crippen LogP contribution is -1.97. The first-order chi connectivity index (χ1) is 11.0. The Morgan fingerprint density at radius 2 is 1.87 bits per heavy atom. The first kappa shape index (κ1) is 17.0. The van der Waals surface area contributed by atoms with E-state index < -0.39 is 11.6 Å². The molecular formula is C17H18F2N2O2. The molecule has 2 N–H and O–H groups in total. The van der Waals surface area contributed by atoms with Gasteiger partial charge in [0, 0.05) is 5.56 Å². The van der Waals surface area contributed by atoms with Crippen LogP contribution in [0.1, 0.15) is 31.7 Å². The van der Waals surface area contributed by atoms with E-state index in [1.165, 1.54) is 18.2 Å². The highest BCUT2D eigenvalue weighted by atomic mass is 19.2. The van der Waals surface area contributed by atoms with Gasteiger partial charge in [-0.3, -0.25) is 0 Å². The molecule has 6 heteroatoms. The Kier molecular flexibility index (Phi) is 5.76. The molecule has 0 aliphatic carbocycles. The van der Waals surface area contributed by atoms with Gasteiger partial charge < -0.3 is 10.2 Å². The second-order valence-corrected chi connectivity index (χ2v) is 5.28. The van der Waals surface area contributed by atoms with Crippen LogP contribution in [0.15, 0.2) is 30.6 Å². The second kappa shape index (κ2) is 7.78. The number of aliphatic hydroxyl groups is 1. The molecule has 23 heavy (non-hydrogen) atoms. The van der Waals surface area contributed by atoms with Crippen LogP contribution in [-0.4, -0.2) is 26.3 Å². The topological polar surface area (TPSA) is 66.2 Å². The van der Waals surface area contributed by atoms with Crippen LogP contribution in [0.25, 0.3) is 17.5 Å². The second-order valence-electron chi connectivity index (χ2n) is 5.28. The van der Waals surface area contributed by atoms with Crippen LogP contribution in [0.2, 0.25) is 0 Å². The van der Waals surface area contributed by atoms with E-state index in [0.717, 1.165) is 18.8 Å². The molecular weight excluding hydrogens is 302 g/mol. The zero-order valence-electron chi connectivity index (χ0n) is 12.7. The third-order valence-electron chi connectivity index (χ3n) is 3.28. The molecule has 2 rings (SSSR count).